The molecule has 2 atom stereocenters. The van der Waals surface area contributed by atoms with Gasteiger partial charge in [0.15, 0.2) is 5.78 Å². The lowest BCUT2D eigenvalue weighted by Gasteiger charge is -2.35. The molecule has 5 nitrogen and oxygen atoms in total. The van der Waals surface area contributed by atoms with E-state index in [4.69, 9.17) is 9.47 Å². The number of benzene rings is 1. The highest BCUT2D eigenvalue weighted by Gasteiger charge is 2.26. The second-order valence-electron chi connectivity index (χ2n) is 5.82. The zero-order chi connectivity index (χ0) is 16.3. The molecule has 0 aliphatic carbocycles. The predicted molar refractivity (Wildman–Crippen MR) is 83.3 cm³/mol. The molecule has 0 radical (unpaired) electrons. The van der Waals surface area contributed by atoms with Gasteiger partial charge in [-0.25, -0.2) is 0 Å². The summed E-state index contributed by atoms with van der Waals surface area (Å²) in [6, 6.07) is 5.20. The molecule has 0 spiro atoms. The number of ketones is 1. The molecule has 22 heavy (non-hydrogen) atoms. The molecular weight excluding hydrogens is 282 g/mol. The van der Waals surface area contributed by atoms with Crippen molar-refractivity contribution in [1.29, 1.82) is 0 Å². The quantitative estimate of drug-likeness (QED) is 0.799. The minimum atomic E-state index is -0.0232. The van der Waals surface area contributed by atoms with Crippen molar-refractivity contribution in [3.8, 4) is 5.75 Å². The van der Waals surface area contributed by atoms with Crippen molar-refractivity contribution >= 4 is 11.7 Å². The van der Waals surface area contributed by atoms with Crippen molar-refractivity contribution in [2.24, 2.45) is 0 Å². The van der Waals surface area contributed by atoms with Crippen molar-refractivity contribution in [1.82, 2.24) is 4.90 Å². The molecule has 1 heterocycles. The number of ether oxygens (including phenoxy) is 2. The van der Waals surface area contributed by atoms with Gasteiger partial charge in [-0.15, -0.1) is 0 Å². The summed E-state index contributed by atoms with van der Waals surface area (Å²) in [5.74, 6) is 0.638. The molecule has 1 aromatic carbocycles. The Balaban J connectivity index is 2.16. The molecule has 0 bridgehead atoms. The maximum absolute atomic E-state index is 12.5. The van der Waals surface area contributed by atoms with Crippen molar-refractivity contribution in [2.75, 3.05) is 20.2 Å². The first-order valence-electron chi connectivity index (χ1n) is 7.51. The van der Waals surface area contributed by atoms with Crippen LogP contribution in [0.5, 0.6) is 5.75 Å². The highest BCUT2D eigenvalue weighted by molar-refractivity contribution is 5.94. The number of hydrogen-bond acceptors (Lipinski definition) is 4. The topological polar surface area (TPSA) is 55.8 Å². The van der Waals surface area contributed by atoms with Gasteiger partial charge in [-0.1, -0.05) is 0 Å². The lowest BCUT2D eigenvalue weighted by Crippen LogP contribution is -2.48. The van der Waals surface area contributed by atoms with Crippen LogP contribution in [0.15, 0.2) is 18.2 Å². The Labute approximate surface area is 131 Å². The van der Waals surface area contributed by atoms with Gasteiger partial charge in [0.25, 0.3) is 0 Å². The van der Waals surface area contributed by atoms with Crippen LogP contribution in [0.2, 0.25) is 0 Å². The first-order chi connectivity index (χ1) is 10.4. The average Bonchev–Trinajstić information content (AvgIpc) is 2.46. The van der Waals surface area contributed by atoms with Crippen molar-refractivity contribution in [2.45, 2.75) is 39.4 Å². The molecule has 0 saturated carbocycles. The highest BCUT2D eigenvalue weighted by Crippen LogP contribution is 2.22. The minimum Gasteiger partial charge on any atom is -0.496 e. The van der Waals surface area contributed by atoms with Crippen LogP contribution >= 0.6 is 0 Å². The summed E-state index contributed by atoms with van der Waals surface area (Å²) < 4.78 is 11.0. The standard InChI is InChI=1S/C17H23NO4/c1-11-9-18(10-12(2)22-11)17(20)8-15-7-14(13(3)19)5-6-16(15)21-4/h5-7,11-12H,8-10H2,1-4H3. The summed E-state index contributed by atoms with van der Waals surface area (Å²) in [5, 5.41) is 0. The Hall–Kier alpha value is -1.88. The normalized spacial score (nSPS) is 21.5. The Morgan fingerprint density at radius 3 is 2.45 bits per heavy atom. The molecule has 120 valence electrons. The Kier molecular flexibility index (Phi) is 5.19. The number of Topliss-reactive ketones (excluding diaryl/α,β-unsaturated/α-hetero) is 1. The number of carbonyl (C=O) groups excluding carboxylic acids is 2. The fraction of sp³-hybridized carbons (Fsp3) is 0.529. The third kappa shape index (κ3) is 3.85. The smallest absolute Gasteiger partial charge is 0.227 e. The van der Waals surface area contributed by atoms with Crippen LogP contribution in [0.25, 0.3) is 0 Å². The van der Waals surface area contributed by atoms with Gasteiger partial charge in [0.2, 0.25) is 5.91 Å². The molecule has 1 aliphatic heterocycles. The molecular formula is C17H23NO4. The summed E-state index contributed by atoms with van der Waals surface area (Å²) in [7, 11) is 1.57. The summed E-state index contributed by atoms with van der Waals surface area (Å²) in [5.41, 5.74) is 1.33. The van der Waals surface area contributed by atoms with E-state index in [1.54, 1.807) is 25.3 Å². The molecule has 1 fully saturated rings. The van der Waals surface area contributed by atoms with Crippen LogP contribution in [0.3, 0.4) is 0 Å². The molecule has 0 N–H and O–H groups in total. The van der Waals surface area contributed by atoms with Gasteiger partial charge < -0.3 is 14.4 Å². The van der Waals surface area contributed by atoms with E-state index < -0.39 is 0 Å². The second-order valence-corrected chi connectivity index (χ2v) is 5.82. The summed E-state index contributed by atoms with van der Waals surface area (Å²) >= 11 is 0. The van der Waals surface area contributed by atoms with Crippen LogP contribution < -0.4 is 4.74 Å². The van der Waals surface area contributed by atoms with E-state index in [9.17, 15) is 9.59 Å². The number of amides is 1. The monoisotopic (exact) mass is 305 g/mol. The maximum atomic E-state index is 12.5. The van der Waals surface area contributed by atoms with Crippen molar-refractivity contribution in [3.05, 3.63) is 29.3 Å². The second kappa shape index (κ2) is 6.92. The number of rotatable bonds is 4. The van der Waals surface area contributed by atoms with Crippen LogP contribution in [-0.4, -0.2) is 49.0 Å². The third-order valence-corrected chi connectivity index (χ3v) is 3.80. The average molecular weight is 305 g/mol. The molecule has 2 unspecified atom stereocenters. The summed E-state index contributed by atoms with van der Waals surface area (Å²) in [6.07, 6.45) is 0.306. The number of hydrogen-bond donors (Lipinski definition) is 0. The number of carbonyl (C=O) groups is 2. The van der Waals surface area contributed by atoms with E-state index in [0.717, 1.165) is 5.56 Å². The van der Waals surface area contributed by atoms with Gasteiger partial charge in [0.05, 0.1) is 25.7 Å². The number of methoxy groups -OCH3 is 1. The highest BCUT2D eigenvalue weighted by atomic mass is 16.5. The Morgan fingerprint density at radius 1 is 1.27 bits per heavy atom. The van der Waals surface area contributed by atoms with Gasteiger partial charge in [-0.05, 0) is 39.0 Å². The van der Waals surface area contributed by atoms with Gasteiger partial charge in [0.1, 0.15) is 5.75 Å². The zero-order valence-corrected chi connectivity index (χ0v) is 13.6. The van der Waals surface area contributed by atoms with Crippen molar-refractivity contribution < 1.29 is 19.1 Å². The molecule has 1 aliphatic rings. The lowest BCUT2D eigenvalue weighted by molar-refractivity contribution is -0.142. The number of morpholine rings is 1. The Bertz CT molecular complexity index is 560. The first-order valence-corrected chi connectivity index (χ1v) is 7.51. The van der Waals surface area contributed by atoms with Crippen LogP contribution in [0.4, 0.5) is 0 Å². The molecule has 1 saturated heterocycles. The van der Waals surface area contributed by atoms with E-state index >= 15 is 0 Å². The van der Waals surface area contributed by atoms with E-state index in [1.807, 2.05) is 18.7 Å². The number of nitrogens with zero attached hydrogens (tertiary/aromatic N) is 1. The van der Waals surface area contributed by atoms with Crippen LogP contribution in [-0.2, 0) is 16.0 Å². The molecule has 1 amide bonds. The fourth-order valence-electron chi connectivity index (χ4n) is 2.79. The van der Waals surface area contributed by atoms with Crippen molar-refractivity contribution in [3.63, 3.8) is 0 Å². The maximum Gasteiger partial charge on any atom is 0.227 e. The fourth-order valence-corrected chi connectivity index (χ4v) is 2.79. The van der Waals surface area contributed by atoms with E-state index in [1.165, 1.54) is 6.92 Å². The lowest BCUT2D eigenvalue weighted by atomic mass is 10.0. The third-order valence-electron chi connectivity index (χ3n) is 3.80. The van der Waals surface area contributed by atoms with E-state index in [2.05, 4.69) is 0 Å². The SMILES string of the molecule is COc1ccc(C(C)=O)cc1CC(=O)N1CC(C)OC(C)C1. The van der Waals surface area contributed by atoms with E-state index in [-0.39, 0.29) is 30.3 Å². The van der Waals surface area contributed by atoms with Crippen LogP contribution in [0, 0.1) is 0 Å². The molecule has 2 rings (SSSR count). The van der Waals surface area contributed by atoms with Gasteiger partial charge in [-0.2, -0.15) is 0 Å². The zero-order valence-electron chi connectivity index (χ0n) is 13.6. The molecule has 0 aromatic heterocycles. The van der Waals surface area contributed by atoms with Gasteiger partial charge >= 0.3 is 0 Å². The predicted octanol–water partition coefficient (Wildman–Crippen LogP) is 2.08. The van der Waals surface area contributed by atoms with Gasteiger partial charge in [0, 0.05) is 24.2 Å². The van der Waals surface area contributed by atoms with Crippen LogP contribution in [0.1, 0.15) is 36.7 Å². The largest absolute Gasteiger partial charge is 0.496 e. The minimum absolute atomic E-state index is 0.0232. The van der Waals surface area contributed by atoms with Gasteiger partial charge in [-0.3, -0.25) is 9.59 Å². The Morgan fingerprint density at radius 2 is 1.91 bits per heavy atom. The molecule has 5 heteroatoms. The first kappa shape index (κ1) is 16.5. The summed E-state index contributed by atoms with van der Waals surface area (Å²) in [6.45, 7) is 6.63. The van der Waals surface area contributed by atoms with E-state index in [0.29, 0.717) is 24.4 Å². The summed E-state index contributed by atoms with van der Waals surface area (Å²) in [4.78, 5) is 25.9. The molecule has 1 aromatic rings.